The molecule has 2 aromatic rings. The second kappa shape index (κ2) is 6.31. The van der Waals surface area contributed by atoms with Crippen LogP contribution in [0.2, 0.25) is 0 Å². The number of hydrogen-bond donors (Lipinski definition) is 0. The van der Waals surface area contributed by atoms with Crippen molar-refractivity contribution in [2.45, 2.75) is 19.5 Å². The van der Waals surface area contributed by atoms with Crippen molar-refractivity contribution in [2.24, 2.45) is 0 Å². The molecule has 0 saturated carbocycles. The predicted molar refractivity (Wildman–Crippen MR) is 92.9 cm³/mol. The molecule has 0 aliphatic carbocycles. The molecular weight excluding hydrogens is 358 g/mol. The Morgan fingerprint density at radius 1 is 1.35 bits per heavy atom. The average molecular weight is 377 g/mol. The molecule has 1 saturated heterocycles. The zero-order valence-electron chi connectivity index (χ0n) is 14.3. The Morgan fingerprint density at radius 3 is 2.96 bits per heavy atom. The van der Waals surface area contributed by atoms with Gasteiger partial charge >= 0.3 is 0 Å². The van der Waals surface area contributed by atoms with Gasteiger partial charge in [-0.2, -0.15) is 5.10 Å². The van der Waals surface area contributed by atoms with Gasteiger partial charge < -0.3 is 14.4 Å². The van der Waals surface area contributed by atoms with E-state index in [0.717, 1.165) is 0 Å². The molecule has 1 aromatic carbocycles. The van der Waals surface area contributed by atoms with Gasteiger partial charge in [-0.25, -0.2) is 8.42 Å². The van der Waals surface area contributed by atoms with Gasteiger partial charge in [-0.05, 0) is 19.1 Å². The Morgan fingerprint density at radius 2 is 2.19 bits per heavy atom. The first-order chi connectivity index (χ1) is 12.5. The van der Waals surface area contributed by atoms with Crippen LogP contribution in [0.15, 0.2) is 30.6 Å². The van der Waals surface area contributed by atoms with E-state index < -0.39 is 15.9 Å². The van der Waals surface area contributed by atoms with Gasteiger partial charge in [0.1, 0.15) is 0 Å². The maximum Gasteiger partial charge on any atom is 0.258 e. The summed E-state index contributed by atoms with van der Waals surface area (Å²) in [5, 5.41) is 4.22. The predicted octanol–water partition coefficient (Wildman–Crippen LogP) is 1.24. The largest absolute Gasteiger partial charge is 0.454 e. The summed E-state index contributed by atoms with van der Waals surface area (Å²) in [5.41, 5.74) is 1.10. The van der Waals surface area contributed by atoms with Crippen LogP contribution in [-0.4, -0.2) is 53.8 Å². The van der Waals surface area contributed by atoms with E-state index in [1.54, 1.807) is 40.2 Å². The topological polar surface area (TPSA) is 90.7 Å². The van der Waals surface area contributed by atoms with Crippen LogP contribution in [0.1, 0.15) is 28.9 Å². The summed E-state index contributed by atoms with van der Waals surface area (Å²) < 4.78 is 36.9. The second-order valence-corrected chi connectivity index (χ2v) is 8.53. The fourth-order valence-corrected chi connectivity index (χ4v) is 4.80. The van der Waals surface area contributed by atoms with Crippen LogP contribution in [0, 0.1) is 0 Å². The van der Waals surface area contributed by atoms with E-state index in [2.05, 4.69) is 5.10 Å². The van der Waals surface area contributed by atoms with E-state index in [1.807, 2.05) is 6.92 Å². The highest BCUT2D eigenvalue weighted by Crippen LogP contribution is 2.37. The lowest BCUT2D eigenvalue weighted by Crippen LogP contribution is -2.46. The third kappa shape index (κ3) is 2.92. The van der Waals surface area contributed by atoms with Gasteiger partial charge in [-0.3, -0.25) is 9.48 Å². The Bertz CT molecular complexity index is 953. The first-order valence-corrected chi connectivity index (χ1v) is 10.2. The lowest BCUT2D eigenvalue weighted by atomic mass is 10.1. The van der Waals surface area contributed by atoms with Crippen molar-refractivity contribution in [3.63, 3.8) is 0 Å². The molecular formula is C17H19N3O5S. The highest BCUT2D eigenvalue weighted by Gasteiger charge is 2.37. The number of aromatic nitrogens is 2. The molecule has 0 spiro atoms. The minimum absolute atomic E-state index is 0.0520. The first-order valence-electron chi connectivity index (χ1n) is 8.41. The average Bonchev–Trinajstić information content (AvgIpc) is 3.29. The van der Waals surface area contributed by atoms with Crippen LogP contribution in [0.4, 0.5) is 0 Å². The fraction of sp³-hybridized carbons (Fsp3) is 0.412. The molecule has 26 heavy (non-hydrogen) atoms. The summed E-state index contributed by atoms with van der Waals surface area (Å²) in [5.74, 6) is 0.505. The van der Waals surface area contributed by atoms with Crippen molar-refractivity contribution in [2.75, 3.05) is 24.8 Å². The van der Waals surface area contributed by atoms with Crippen molar-refractivity contribution in [3.05, 3.63) is 41.7 Å². The number of benzene rings is 1. The first kappa shape index (κ1) is 16.9. The summed E-state index contributed by atoms with van der Waals surface area (Å²) in [6, 6.07) is 4.57. The molecule has 8 nitrogen and oxygen atoms in total. The number of carbonyl (C=O) groups excluding carboxylic acids is 1. The number of sulfone groups is 1. The van der Waals surface area contributed by atoms with E-state index in [-0.39, 0.29) is 30.8 Å². The highest BCUT2D eigenvalue weighted by molar-refractivity contribution is 7.91. The van der Waals surface area contributed by atoms with Gasteiger partial charge in [0.15, 0.2) is 21.3 Å². The van der Waals surface area contributed by atoms with E-state index in [1.165, 1.54) is 0 Å². The number of nitrogens with zero attached hydrogens (tertiary/aromatic N) is 3. The molecule has 0 bridgehead atoms. The molecule has 2 aliphatic heterocycles. The number of carbonyl (C=O) groups is 1. The Labute approximate surface area is 151 Å². The number of hydrogen-bond acceptors (Lipinski definition) is 6. The molecule has 1 fully saturated rings. The molecule has 138 valence electrons. The van der Waals surface area contributed by atoms with Crippen LogP contribution < -0.4 is 9.47 Å². The summed E-state index contributed by atoms with van der Waals surface area (Å²) >= 11 is 0. The summed E-state index contributed by atoms with van der Waals surface area (Å²) in [6.45, 7) is 2.82. The molecule has 9 heteroatoms. The maximum atomic E-state index is 13.2. The van der Waals surface area contributed by atoms with E-state index in [0.29, 0.717) is 29.2 Å². The van der Waals surface area contributed by atoms with Crippen molar-refractivity contribution >= 4 is 15.7 Å². The molecule has 0 N–H and O–H groups in total. The van der Waals surface area contributed by atoms with Crippen LogP contribution in [-0.2, 0) is 16.4 Å². The monoisotopic (exact) mass is 377 g/mol. The molecule has 1 amide bonds. The van der Waals surface area contributed by atoms with Crippen LogP contribution in [0.3, 0.4) is 0 Å². The molecule has 1 aromatic heterocycles. The lowest BCUT2D eigenvalue weighted by Gasteiger charge is -2.35. The number of aryl methyl sites for hydroxylation is 1. The van der Waals surface area contributed by atoms with Crippen LogP contribution in [0.5, 0.6) is 11.5 Å². The molecule has 1 atom stereocenters. The SMILES string of the molecule is CCn1cc([C@H]2CS(=O)(=O)CCN2C(=O)c2cccc3c2OCO3)cn1. The number of fused-ring (bicyclic) bond motifs is 1. The quantitative estimate of drug-likeness (QED) is 0.799. The van der Waals surface area contributed by atoms with Gasteiger partial charge in [0.05, 0.1) is 29.3 Å². The molecule has 0 unspecified atom stereocenters. The maximum absolute atomic E-state index is 13.2. The number of ether oxygens (including phenoxy) is 2. The third-order valence-corrected chi connectivity index (χ3v) is 6.31. The zero-order chi connectivity index (χ0) is 18.3. The Hall–Kier alpha value is -2.55. The normalized spacial score (nSPS) is 21.0. The fourth-order valence-electron chi connectivity index (χ4n) is 3.30. The minimum atomic E-state index is -3.22. The molecule has 0 radical (unpaired) electrons. The molecule has 2 aliphatic rings. The summed E-state index contributed by atoms with van der Waals surface area (Å²) in [4.78, 5) is 14.8. The van der Waals surface area contributed by atoms with Crippen molar-refractivity contribution in [3.8, 4) is 11.5 Å². The van der Waals surface area contributed by atoms with Crippen LogP contribution >= 0.6 is 0 Å². The standard InChI is InChI=1S/C17H19N3O5S/c1-2-19-9-12(8-18-19)14-10-26(22,23)7-6-20(14)17(21)13-4-3-5-15-16(13)25-11-24-15/h3-5,8-9,14H,2,6-7,10-11H2,1H3/t14-/m1/s1. The van der Waals surface area contributed by atoms with E-state index in [9.17, 15) is 13.2 Å². The summed E-state index contributed by atoms with van der Waals surface area (Å²) in [6.07, 6.45) is 3.42. The van der Waals surface area contributed by atoms with Crippen molar-refractivity contribution < 1.29 is 22.7 Å². The third-order valence-electron chi connectivity index (χ3n) is 4.68. The van der Waals surface area contributed by atoms with Gasteiger partial charge in [0, 0.05) is 24.8 Å². The number of amides is 1. The summed E-state index contributed by atoms with van der Waals surface area (Å²) in [7, 11) is -3.22. The van der Waals surface area contributed by atoms with Gasteiger partial charge in [-0.15, -0.1) is 0 Å². The lowest BCUT2D eigenvalue weighted by molar-refractivity contribution is 0.0693. The van der Waals surface area contributed by atoms with Gasteiger partial charge in [0.25, 0.3) is 5.91 Å². The Kier molecular flexibility index (Phi) is 4.10. The van der Waals surface area contributed by atoms with Gasteiger partial charge in [0.2, 0.25) is 6.79 Å². The smallest absolute Gasteiger partial charge is 0.258 e. The number of para-hydroxylation sites is 1. The zero-order valence-corrected chi connectivity index (χ0v) is 15.1. The number of rotatable bonds is 3. The Balaban J connectivity index is 1.71. The second-order valence-electron chi connectivity index (χ2n) is 6.30. The molecule has 4 rings (SSSR count). The highest BCUT2D eigenvalue weighted by atomic mass is 32.2. The van der Waals surface area contributed by atoms with Gasteiger partial charge in [-0.1, -0.05) is 6.07 Å². The minimum Gasteiger partial charge on any atom is -0.454 e. The molecule has 3 heterocycles. The van der Waals surface area contributed by atoms with Crippen molar-refractivity contribution in [1.82, 2.24) is 14.7 Å². The van der Waals surface area contributed by atoms with Crippen LogP contribution in [0.25, 0.3) is 0 Å². The van der Waals surface area contributed by atoms with E-state index in [4.69, 9.17) is 9.47 Å². The van der Waals surface area contributed by atoms with E-state index >= 15 is 0 Å². The van der Waals surface area contributed by atoms with Crippen molar-refractivity contribution in [1.29, 1.82) is 0 Å².